The average molecular weight is 754 g/mol. The van der Waals surface area contributed by atoms with Gasteiger partial charge in [-0.25, -0.2) is 0 Å². The van der Waals surface area contributed by atoms with E-state index in [1.54, 1.807) is 0 Å². The number of para-hydroxylation sites is 6. The minimum Gasteiger partial charge on any atom is -0.310 e. The summed E-state index contributed by atoms with van der Waals surface area (Å²) in [6.45, 7) is 0.118. The molecule has 17 rings (SSSR count). The summed E-state index contributed by atoms with van der Waals surface area (Å²) in [7, 11) is 0. The summed E-state index contributed by atoms with van der Waals surface area (Å²) in [6.07, 6.45) is 0. The first-order valence-corrected chi connectivity index (χ1v) is 21.2. The molecule has 4 nitrogen and oxygen atoms in total. The first-order chi connectivity index (χ1) is 29.8. The topological polar surface area (TPSA) is 19.7 Å². The lowest BCUT2D eigenvalue weighted by Gasteiger charge is -2.37. The van der Waals surface area contributed by atoms with Gasteiger partial charge < -0.3 is 18.3 Å². The molecule has 0 bridgehead atoms. The third kappa shape index (κ3) is 2.99. The van der Waals surface area contributed by atoms with Gasteiger partial charge in [0.05, 0.1) is 33.1 Å². The lowest BCUT2D eigenvalue weighted by atomic mass is 9.32. The summed E-state index contributed by atoms with van der Waals surface area (Å²) in [5.41, 5.74) is 23.9. The van der Waals surface area contributed by atoms with Gasteiger partial charge >= 0.3 is 0 Å². The summed E-state index contributed by atoms with van der Waals surface area (Å²) in [5.74, 6) is 0. The zero-order valence-electron chi connectivity index (χ0n) is 32.1. The summed E-state index contributed by atoms with van der Waals surface area (Å²) in [6, 6.07) is 65.1. The van der Waals surface area contributed by atoms with Crippen LogP contribution in [0.3, 0.4) is 0 Å². The molecule has 0 unspecified atom stereocenters. The van der Waals surface area contributed by atoms with Crippen LogP contribution in [0.15, 0.2) is 170 Å². The van der Waals surface area contributed by atoms with Crippen LogP contribution in [-0.4, -0.2) is 31.7 Å². The molecule has 4 aliphatic heterocycles. The van der Waals surface area contributed by atoms with Crippen molar-refractivity contribution in [3.8, 4) is 22.7 Å². The predicted octanol–water partition coefficient (Wildman–Crippen LogP) is 8.36. The molecule has 0 N–H and O–H groups in total. The summed E-state index contributed by atoms with van der Waals surface area (Å²) < 4.78 is 10.4. The Hall–Kier alpha value is -7.69. The van der Waals surface area contributed by atoms with Crippen LogP contribution < -0.4 is 32.8 Å². The Kier molecular flexibility index (Phi) is 4.72. The van der Waals surface area contributed by atoms with Crippen molar-refractivity contribution >= 4 is 133 Å². The van der Waals surface area contributed by atoms with Crippen molar-refractivity contribution < 1.29 is 0 Å². The molecular formula is C54H28B2N4. The van der Waals surface area contributed by atoms with Gasteiger partial charge in [-0.2, -0.15) is 0 Å². The van der Waals surface area contributed by atoms with Crippen molar-refractivity contribution in [1.82, 2.24) is 18.3 Å². The van der Waals surface area contributed by atoms with Gasteiger partial charge in [0.2, 0.25) is 0 Å². The van der Waals surface area contributed by atoms with Crippen molar-refractivity contribution in [3.63, 3.8) is 0 Å². The van der Waals surface area contributed by atoms with Gasteiger partial charge in [0.1, 0.15) is 0 Å². The highest BCUT2D eigenvalue weighted by molar-refractivity contribution is 7.02. The van der Waals surface area contributed by atoms with Gasteiger partial charge in [-0.05, 0) is 81.3 Å². The zero-order chi connectivity index (χ0) is 38.3. The smallest absolute Gasteiger partial charge is 0.252 e. The fraction of sp³-hybridized carbons (Fsp3) is 0. The van der Waals surface area contributed by atoms with Crippen LogP contribution in [0.1, 0.15) is 0 Å². The third-order valence-corrected chi connectivity index (χ3v) is 15.1. The van der Waals surface area contributed by atoms with E-state index in [1.807, 2.05) is 0 Å². The quantitative estimate of drug-likeness (QED) is 0.139. The molecule has 0 aliphatic carbocycles. The largest absolute Gasteiger partial charge is 0.310 e. The molecule has 13 aromatic rings. The molecule has 4 aliphatic rings. The molecule has 270 valence electrons. The van der Waals surface area contributed by atoms with Crippen LogP contribution >= 0.6 is 0 Å². The molecular weight excluding hydrogens is 726 g/mol. The van der Waals surface area contributed by atoms with Crippen molar-refractivity contribution in [2.24, 2.45) is 0 Å². The summed E-state index contributed by atoms with van der Waals surface area (Å²) in [4.78, 5) is 0. The van der Waals surface area contributed by atoms with E-state index < -0.39 is 0 Å². The average Bonchev–Trinajstić information content (AvgIpc) is 4.04. The van der Waals surface area contributed by atoms with E-state index in [0.29, 0.717) is 0 Å². The van der Waals surface area contributed by atoms with E-state index >= 15 is 0 Å². The number of benzene rings is 9. The number of fused-ring (bicyclic) bond motifs is 22. The van der Waals surface area contributed by atoms with Gasteiger partial charge in [-0.3, -0.25) is 0 Å². The SMILES string of the molecule is c1ccc2c(c1)c1cccc3c1n2-c1ccc2c4ccccc4n4c2c1B3c1cc2c(cc1-4)B1c3cccc4c5ccccc5n(c34)-c3ccc4c5ccccc5n-2c4c31. The van der Waals surface area contributed by atoms with Crippen LogP contribution in [0.25, 0.3) is 110 Å². The zero-order valence-corrected chi connectivity index (χ0v) is 32.1. The van der Waals surface area contributed by atoms with E-state index in [-0.39, 0.29) is 13.4 Å². The van der Waals surface area contributed by atoms with E-state index in [0.717, 1.165) is 0 Å². The molecule has 0 radical (unpaired) electrons. The standard InChI is InChI=1S/C54H28B2N4/c1-5-19-41-29(11-1)33-15-9-17-37-51(33)57(41)45-25-23-35-31-13-3-7-21-43(31)59-47-28-40-48(27-39(47)55(37)49(45)53(35)59)60-44-22-8-4-14-32(44)36-24-26-46-50(54(36)60)56(40)38-18-10-16-34-30-12-2-6-20-42(30)58(46)52(34)38/h1-28H. The summed E-state index contributed by atoms with van der Waals surface area (Å²) in [5, 5.41) is 10.5. The van der Waals surface area contributed by atoms with Crippen LogP contribution in [0.4, 0.5) is 0 Å². The van der Waals surface area contributed by atoms with Crippen LogP contribution in [0.5, 0.6) is 0 Å². The molecule has 0 fully saturated rings. The molecule has 0 amide bonds. The van der Waals surface area contributed by atoms with E-state index in [9.17, 15) is 0 Å². The lowest BCUT2D eigenvalue weighted by Crippen LogP contribution is -2.62. The Labute approximate surface area is 342 Å². The minimum atomic E-state index is 0.0590. The van der Waals surface area contributed by atoms with Gasteiger partial charge in [0, 0.05) is 76.9 Å². The maximum absolute atomic E-state index is 2.64. The Morgan fingerprint density at radius 2 is 0.583 bits per heavy atom. The molecule has 4 aromatic heterocycles. The minimum absolute atomic E-state index is 0.0590. The van der Waals surface area contributed by atoms with Crippen molar-refractivity contribution in [1.29, 1.82) is 0 Å². The molecule has 0 saturated heterocycles. The number of nitrogens with zero attached hydrogens (tertiary/aromatic N) is 4. The fourth-order valence-electron chi connectivity index (χ4n) is 13.1. The Balaban J connectivity index is 1.09. The maximum atomic E-state index is 2.64. The Bertz CT molecular complexity index is 3990. The number of hydrogen-bond acceptors (Lipinski definition) is 0. The molecule has 0 spiro atoms. The number of rotatable bonds is 0. The fourth-order valence-corrected chi connectivity index (χ4v) is 13.1. The second kappa shape index (κ2) is 9.60. The molecule has 0 saturated carbocycles. The van der Waals surface area contributed by atoms with Crippen molar-refractivity contribution in [2.75, 3.05) is 0 Å². The van der Waals surface area contributed by atoms with Gasteiger partial charge in [-0.1, -0.05) is 121 Å². The second-order valence-electron chi connectivity index (χ2n) is 17.5. The van der Waals surface area contributed by atoms with Crippen LogP contribution in [0.2, 0.25) is 0 Å². The van der Waals surface area contributed by atoms with Gasteiger partial charge in [0.25, 0.3) is 13.4 Å². The highest BCUT2D eigenvalue weighted by atomic mass is 15.1. The van der Waals surface area contributed by atoms with Crippen molar-refractivity contribution in [3.05, 3.63) is 170 Å². The summed E-state index contributed by atoms with van der Waals surface area (Å²) >= 11 is 0. The van der Waals surface area contributed by atoms with Crippen molar-refractivity contribution in [2.45, 2.75) is 0 Å². The number of hydrogen-bond donors (Lipinski definition) is 0. The molecule has 6 heteroatoms. The highest BCUT2D eigenvalue weighted by Crippen LogP contribution is 2.43. The Morgan fingerprint density at radius 1 is 0.250 bits per heavy atom. The maximum Gasteiger partial charge on any atom is 0.252 e. The lowest BCUT2D eigenvalue weighted by molar-refractivity contribution is 1.14. The van der Waals surface area contributed by atoms with Crippen LogP contribution in [0, 0.1) is 0 Å². The molecule has 9 aromatic carbocycles. The van der Waals surface area contributed by atoms with E-state index in [1.165, 1.54) is 143 Å². The molecule has 60 heavy (non-hydrogen) atoms. The highest BCUT2D eigenvalue weighted by Gasteiger charge is 2.45. The van der Waals surface area contributed by atoms with Gasteiger partial charge in [0.15, 0.2) is 0 Å². The molecule has 0 atom stereocenters. The first-order valence-electron chi connectivity index (χ1n) is 21.2. The van der Waals surface area contributed by atoms with Crippen LogP contribution in [-0.2, 0) is 0 Å². The first kappa shape index (κ1) is 29.5. The Morgan fingerprint density at radius 3 is 0.983 bits per heavy atom. The normalized spacial score (nSPS) is 13.9. The second-order valence-corrected chi connectivity index (χ2v) is 17.5. The van der Waals surface area contributed by atoms with E-state index in [2.05, 4.69) is 188 Å². The molecule has 8 heterocycles. The van der Waals surface area contributed by atoms with Gasteiger partial charge in [-0.15, -0.1) is 0 Å². The third-order valence-electron chi connectivity index (χ3n) is 15.1. The monoisotopic (exact) mass is 754 g/mol. The predicted molar refractivity (Wildman–Crippen MR) is 253 cm³/mol. The van der Waals surface area contributed by atoms with E-state index in [4.69, 9.17) is 0 Å². The number of aromatic nitrogens is 4.